The molecule has 0 amide bonds. The SMILES string of the molecule is CCSc1ccc(C)c2c3ccccc3c3nc(C)c(CC)n3c12. The van der Waals surface area contributed by atoms with Crippen LogP contribution in [-0.2, 0) is 6.42 Å². The molecule has 0 saturated carbocycles. The first-order valence-electron chi connectivity index (χ1n) is 8.62. The molecule has 0 saturated heterocycles. The topological polar surface area (TPSA) is 17.3 Å². The van der Waals surface area contributed by atoms with Gasteiger partial charge in [0.2, 0.25) is 0 Å². The number of fused-ring (bicyclic) bond motifs is 6. The molecule has 0 aliphatic rings. The second-order valence-corrected chi connectivity index (χ2v) is 7.55. The number of pyridine rings is 1. The van der Waals surface area contributed by atoms with Crippen LogP contribution in [-0.4, -0.2) is 15.1 Å². The maximum atomic E-state index is 4.95. The number of aryl methyl sites for hydroxylation is 3. The molecule has 2 nitrogen and oxygen atoms in total. The third kappa shape index (κ3) is 2.07. The Kier molecular flexibility index (Phi) is 3.76. The number of rotatable bonds is 3. The first-order chi connectivity index (χ1) is 11.7. The van der Waals surface area contributed by atoms with E-state index in [4.69, 9.17) is 4.98 Å². The lowest BCUT2D eigenvalue weighted by molar-refractivity contribution is 0.996. The average molecular weight is 334 g/mol. The van der Waals surface area contributed by atoms with Gasteiger partial charge in [0.15, 0.2) is 0 Å². The summed E-state index contributed by atoms with van der Waals surface area (Å²) in [5.41, 5.74) is 6.22. The molecule has 3 heteroatoms. The molecule has 0 unspecified atom stereocenters. The highest BCUT2D eigenvalue weighted by atomic mass is 32.2. The maximum Gasteiger partial charge on any atom is 0.145 e. The summed E-state index contributed by atoms with van der Waals surface area (Å²) in [4.78, 5) is 6.29. The van der Waals surface area contributed by atoms with Crippen LogP contribution in [0.25, 0.3) is 27.3 Å². The largest absolute Gasteiger partial charge is 0.295 e. The molecule has 0 fully saturated rings. The van der Waals surface area contributed by atoms with E-state index >= 15 is 0 Å². The van der Waals surface area contributed by atoms with E-state index in [9.17, 15) is 0 Å². The summed E-state index contributed by atoms with van der Waals surface area (Å²) in [6.45, 7) is 8.79. The van der Waals surface area contributed by atoms with Gasteiger partial charge in [-0.05, 0) is 43.0 Å². The summed E-state index contributed by atoms with van der Waals surface area (Å²) in [7, 11) is 0. The molecule has 0 radical (unpaired) electrons. The van der Waals surface area contributed by atoms with Gasteiger partial charge in [0, 0.05) is 21.4 Å². The predicted molar refractivity (Wildman–Crippen MR) is 105 cm³/mol. The molecule has 4 rings (SSSR count). The molecule has 4 aromatic rings. The van der Waals surface area contributed by atoms with E-state index in [1.54, 1.807) is 0 Å². The monoisotopic (exact) mass is 334 g/mol. The van der Waals surface area contributed by atoms with Crippen LogP contribution in [0.4, 0.5) is 0 Å². The fourth-order valence-corrected chi connectivity index (χ4v) is 4.61. The maximum absolute atomic E-state index is 4.95. The lowest BCUT2D eigenvalue weighted by Gasteiger charge is -2.15. The van der Waals surface area contributed by atoms with Crippen molar-refractivity contribution >= 4 is 39.1 Å². The molecular formula is C21H22N2S. The van der Waals surface area contributed by atoms with E-state index in [-0.39, 0.29) is 0 Å². The van der Waals surface area contributed by atoms with Crippen molar-refractivity contribution in [3.05, 3.63) is 53.3 Å². The van der Waals surface area contributed by atoms with Crippen LogP contribution in [0, 0.1) is 13.8 Å². The van der Waals surface area contributed by atoms with Gasteiger partial charge in [0.1, 0.15) is 5.65 Å². The Labute approximate surface area is 146 Å². The van der Waals surface area contributed by atoms with Crippen molar-refractivity contribution in [2.45, 2.75) is 39.0 Å². The normalized spacial score (nSPS) is 11.8. The average Bonchev–Trinajstić information content (AvgIpc) is 2.93. The molecule has 0 atom stereocenters. The van der Waals surface area contributed by atoms with Crippen molar-refractivity contribution in [3.8, 4) is 0 Å². The summed E-state index contributed by atoms with van der Waals surface area (Å²) >= 11 is 1.92. The molecule has 0 bridgehead atoms. The van der Waals surface area contributed by atoms with Gasteiger partial charge in [-0.3, -0.25) is 4.40 Å². The van der Waals surface area contributed by atoms with Gasteiger partial charge in [0.05, 0.1) is 11.2 Å². The van der Waals surface area contributed by atoms with Crippen LogP contribution in [0.1, 0.15) is 30.8 Å². The van der Waals surface area contributed by atoms with E-state index in [1.165, 1.54) is 37.8 Å². The Morgan fingerprint density at radius 3 is 2.46 bits per heavy atom. The number of benzene rings is 2. The first-order valence-corrected chi connectivity index (χ1v) is 9.60. The van der Waals surface area contributed by atoms with Crippen molar-refractivity contribution in [2.24, 2.45) is 0 Å². The van der Waals surface area contributed by atoms with Gasteiger partial charge < -0.3 is 0 Å². The number of aromatic nitrogens is 2. The highest BCUT2D eigenvalue weighted by Gasteiger charge is 2.18. The predicted octanol–water partition coefficient (Wildman–Crippen LogP) is 5.93. The third-order valence-corrected chi connectivity index (χ3v) is 5.75. The summed E-state index contributed by atoms with van der Waals surface area (Å²) in [5, 5.41) is 3.92. The standard InChI is InChI=1S/C21H22N2S/c1-5-17-14(4)22-21-16-10-8-7-9-15(16)19-13(3)11-12-18(24-6-2)20(19)23(17)21/h7-12H,5-6H2,1-4H3. The molecule has 0 N–H and O–H groups in total. The van der Waals surface area contributed by atoms with E-state index < -0.39 is 0 Å². The number of thioether (sulfide) groups is 1. The summed E-state index contributed by atoms with van der Waals surface area (Å²) < 4.78 is 2.41. The van der Waals surface area contributed by atoms with Crippen molar-refractivity contribution < 1.29 is 0 Å². The molecule has 122 valence electrons. The number of nitrogens with zero attached hydrogens (tertiary/aromatic N) is 2. The van der Waals surface area contributed by atoms with E-state index in [2.05, 4.69) is 68.5 Å². The Balaban J connectivity index is 2.39. The fourth-order valence-electron chi connectivity index (χ4n) is 3.80. The van der Waals surface area contributed by atoms with Gasteiger partial charge in [-0.15, -0.1) is 11.8 Å². The first kappa shape index (κ1) is 15.5. The molecule has 0 aliphatic carbocycles. The molecule has 0 aliphatic heterocycles. The van der Waals surface area contributed by atoms with Crippen LogP contribution in [0.3, 0.4) is 0 Å². The molecule has 0 spiro atoms. The summed E-state index contributed by atoms with van der Waals surface area (Å²) in [5.74, 6) is 1.07. The summed E-state index contributed by atoms with van der Waals surface area (Å²) in [6, 6.07) is 13.2. The number of imidazole rings is 1. The quantitative estimate of drug-likeness (QED) is 0.341. The van der Waals surface area contributed by atoms with Gasteiger partial charge in [-0.25, -0.2) is 4.98 Å². The van der Waals surface area contributed by atoms with Crippen molar-refractivity contribution in [3.63, 3.8) is 0 Å². The lowest BCUT2D eigenvalue weighted by Crippen LogP contribution is -1.99. The zero-order chi connectivity index (χ0) is 16.8. The van der Waals surface area contributed by atoms with Gasteiger partial charge in [0.25, 0.3) is 0 Å². The van der Waals surface area contributed by atoms with E-state index in [1.807, 2.05) is 11.8 Å². The second kappa shape index (κ2) is 5.82. The minimum Gasteiger partial charge on any atom is -0.295 e. The molecule has 2 aromatic heterocycles. The second-order valence-electron chi connectivity index (χ2n) is 6.24. The van der Waals surface area contributed by atoms with E-state index in [0.717, 1.165) is 23.5 Å². The van der Waals surface area contributed by atoms with Crippen molar-refractivity contribution in [2.75, 3.05) is 5.75 Å². The Bertz CT molecular complexity index is 1080. The van der Waals surface area contributed by atoms with Crippen LogP contribution >= 0.6 is 11.8 Å². The van der Waals surface area contributed by atoms with Crippen LogP contribution in [0.5, 0.6) is 0 Å². The molecule has 24 heavy (non-hydrogen) atoms. The Morgan fingerprint density at radius 1 is 1.00 bits per heavy atom. The van der Waals surface area contributed by atoms with Crippen LogP contribution in [0.15, 0.2) is 41.3 Å². The smallest absolute Gasteiger partial charge is 0.145 e. The van der Waals surface area contributed by atoms with E-state index in [0.29, 0.717) is 0 Å². The van der Waals surface area contributed by atoms with Crippen LogP contribution in [0.2, 0.25) is 0 Å². The van der Waals surface area contributed by atoms with Gasteiger partial charge in [-0.1, -0.05) is 44.2 Å². The Morgan fingerprint density at radius 2 is 1.75 bits per heavy atom. The molecule has 2 heterocycles. The van der Waals surface area contributed by atoms with Crippen molar-refractivity contribution in [1.29, 1.82) is 0 Å². The minimum absolute atomic E-state index is 0.991. The molecule has 2 aromatic carbocycles. The van der Waals surface area contributed by atoms with Crippen molar-refractivity contribution in [1.82, 2.24) is 9.38 Å². The number of hydrogen-bond acceptors (Lipinski definition) is 2. The van der Waals surface area contributed by atoms with Gasteiger partial charge >= 0.3 is 0 Å². The lowest BCUT2D eigenvalue weighted by atomic mass is 10.0. The Hall–Kier alpha value is -2.00. The highest BCUT2D eigenvalue weighted by Crippen LogP contribution is 2.37. The minimum atomic E-state index is 0.991. The third-order valence-electron chi connectivity index (χ3n) is 4.82. The summed E-state index contributed by atoms with van der Waals surface area (Å²) in [6.07, 6.45) is 0.991. The number of hydrogen-bond donors (Lipinski definition) is 0. The zero-order valence-electron chi connectivity index (χ0n) is 14.7. The molecular weight excluding hydrogens is 312 g/mol. The highest BCUT2D eigenvalue weighted by molar-refractivity contribution is 7.99. The van der Waals surface area contributed by atoms with Crippen LogP contribution < -0.4 is 0 Å². The fraction of sp³-hybridized carbons (Fsp3) is 0.286. The van der Waals surface area contributed by atoms with Gasteiger partial charge in [-0.2, -0.15) is 0 Å². The zero-order valence-corrected chi connectivity index (χ0v) is 15.5.